The van der Waals surface area contributed by atoms with Crippen LogP contribution >= 0.6 is 12.4 Å². The molecule has 10 heteroatoms. The molecule has 24 heavy (non-hydrogen) atoms. The summed E-state index contributed by atoms with van der Waals surface area (Å²) in [4.78, 5) is 22.4. The van der Waals surface area contributed by atoms with Crippen molar-refractivity contribution in [1.82, 2.24) is 10.6 Å². The minimum atomic E-state index is -3.66. The first-order valence-corrected chi connectivity index (χ1v) is 9.09. The van der Waals surface area contributed by atoms with Crippen LogP contribution in [0.2, 0.25) is 0 Å². The molecule has 0 aromatic heterocycles. The Kier molecular flexibility index (Phi) is 6.70. The van der Waals surface area contributed by atoms with E-state index in [2.05, 4.69) is 10.6 Å². The molecule has 1 aromatic carbocycles. The molecule has 0 saturated carbocycles. The molecule has 1 aliphatic rings. The Balaban J connectivity index is 0.00000288. The topological polar surface area (TPSA) is 118 Å². The van der Waals surface area contributed by atoms with Crippen LogP contribution in [0, 0.1) is 16.0 Å². The third-order valence-electron chi connectivity index (χ3n) is 3.94. The smallest absolute Gasteiger partial charge is 0.271 e. The van der Waals surface area contributed by atoms with Crippen molar-refractivity contribution in [1.29, 1.82) is 0 Å². The zero-order valence-corrected chi connectivity index (χ0v) is 14.9. The summed E-state index contributed by atoms with van der Waals surface area (Å²) in [6.07, 6.45) is 1.86. The van der Waals surface area contributed by atoms with Crippen molar-refractivity contribution >= 4 is 33.8 Å². The summed E-state index contributed by atoms with van der Waals surface area (Å²) in [7, 11) is -3.66. The van der Waals surface area contributed by atoms with Crippen LogP contribution in [0.4, 0.5) is 5.69 Å². The molecule has 0 bridgehead atoms. The van der Waals surface area contributed by atoms with E-state index in [1.165, 1.54) is 6.07 Å². The van der Waals surface area contributed by atoms with Crippen molar-refractivity contribution in [2.45, 2.75) is 24.3 Å². The number of piperidine rings is 1. The first kappa shape index (κ1) is 20.3. The van der Waals surface area contributed by atoms with Crippen LogP contribution in [0.1, 0.15) is 23.7 Å². The Bertz CT molecular complexity index is 738. The lowest BCUT2D eigenvalue weighted by Crippen LogP contribution is -2.50. The zero-order valence-electron chi connectivity index (χ0n) is 13.3. The number of amides is 1. The zero-order chi connectivity index (χ0) is 17.2. The molecule has 0 spiro atoms. The molecule has 1 saturated heterocycles. The summed E-state index contributed by atoms with van der Waals surface area (Å²) in [5.41, 5.74) is -0.453. The third kappa shape index (κ3) is 4.89. The summed E-state index contributed by atoms with van der Waals surface area (Å²) in [6, 6.07) is 3.11. The van der Waals surface area contributed by atoms with Gasteiger partial charge in [0.1, 0.15) is 0 Å². The molecule has 1 heterocycles. The minimum absolute atomic E-state index is 0. The first-order valence-electron chi connectivity index (χ1n) is 7.19. The number of benzene rings is 1. The maximum atomic E-state index is 12.4. The molecule has 1 amide bonds. The lowest BCUT2D eigenvalue weighted by Gasteiger charge is -2.30. The number of halogens is 1. The average molecular weight is 378 g/mol. The second kappa shape index (κ2) is 7.91. The molecule has 2 unspecified atom stereocenters. The molecule has 2 rings (SSSR count). The molecule has 0 radical (unpaired) electrons. The predicted molar refractivity (Wildman–Crippen MR) is 91.4 cm³/mol. The van der Waals surface area contributed by atoms with E-state index >= 15 is 0 Å². The van der Waals surface area contributed by atoms with E-state index in [1.807, 2.05) is 6.92 Å². The van der Waals surface area contributed by atoms with Gasteiger partial charge < -0.3 is 10.6 Å². The Hall–Kier alpha value is -1.71. The second-order valence-corrected chi connectivity index (χ2v) is 7.81. The van der Waals surface area contributed by atoms with Crippen molar-refractivity contribution in [3.63, 3.8) is 0 Å². The number of rotatable bonds is 4. The van der Waals surface area contributed by atoms with E-state index in [4.69, 9.17) is 0 Å². The Labute approximate surface area is 146 Å². The largest absolute Gasteiger partial charge is 0.348 e. The SMILES string of the molecule is CC1CCNCC1NC(=O)c1cc([N+](=O)[O-])cc(S(C)(=O)=O)c1.Cl. The van der Waals surface area contributed by atoms with E-state index < -0.39 is 26.4 Å². The number of sulfone groups is 1. The number of nitrogens with zero attached hydrogens (tertiary/aromatic N) is 1. The monoisotopic (exact) mass is 377 g/mol. The van der Waals surface area contributed by atoms with E-state index in [1.54, 1.807) is 0 Å². The molecule has 8 nitrogen and oxygen atoms in total. The maximum Gasteiger partial charge on any atom is 0.271 e. The Morgan fingerprint density at radius 3 is 2.58 bits per heavy atom. The van der Waals surface area contributed by atoms with E-state index in [9.17, 15) is 23.3 Å². The van der Waals surface area contributed by atoms with Crippen molar-refractivity contribution in [3.05, 3.63) is 33.9 Å². The Morgan fingerprint density at radius 2 is 2.04 bits per heavy atom. The molecule has 0 aliphatic carbocycles. The van der Waals surface area contributed by atoms with E-state index in [-0.39, 0.29) is 34.8 Å². The van der Waals surface area contributed by atoms with Crippen LogP contribution in [0.15, 0.2) is 23.1 Å². The van der Waals surface area contributed by atoms with Crippen LogP contribution in [0.5, 0.6) is 0 Å². The normalized spacial score (nSPS) is 20.8. The molecule has 2 N–H and O–H groups in total. The maximum absolute atomic E-state index is 12.4. The average Bonchev–Trinajstić information content (AvgIpc) is 2.48. The van der Waals surface area contributed by atoms with Gasteiger partial charge in [0.05, 0.1) is 9.82 Å². The van der Waals surface area contributed by atoms with Gasteiger partial charge in [0, 0.05) is 36.5 Å². The summed E-state index contributed by atoms with van der Waals surface area (Å²) in [5, 5.41) is 16.9. The fraction of sp³-hybridized carbons (Fsp3) is 0.500. The van der Waals surface area contributed by atoms with Crippen LogP contribution in [-0.4, -0.2) is 44.6 Å². The summed E-state index contributed by atoms with van der Waals surface area (Å²) >= 11 is 0. The number of nitrogens with one attached hydrogen (secondary N) is 2. The highest BCUT2D eigenvalue weighted by Crippen LogP contribution is 2.21. The van der Waals surface area contributed by atoms with Gasteiger partial charge in [-0.2, -0.15) is 0 Å². The first-order chi connectivity index (χ1) is 10.7. The standard InChI is InChI=1S/C14H19N3O5S.ClH/c1-9-3-4-15-8-13(9)16-14(18)10-5-11(17(19)20)7-12(6-10)23(2,21)22;/h5-7,9,13,15H,3-4,8H2,1-2H3,(H,16,18);1H. The highest BCUT2D eigenvalue weighted by Gasteiger charge is 2.25. The number of carbonyl (C=O) groups excluding carboxylic acids is 1. The van der Waals surface area contributed by atoms with Crippen molar-refractivity contribution in [2.24, 2.45) is 5.92 Å². The highest BCUT2D eigenvalue weighted by molar-refractivity contribution is 7.90. The van der Waals surface area contributed by atoms with Crippen LogP contribution in [0.25, 0.3) is 0 Å². The lowest BCUT2D eigenvalue weighted by atomic mass is 9.94. The minimum Gasteiger partial charge on any atom is -0.348 e. The molecule has 1 aromatic rings. The number of hydrogen-bond donors (Lipinski definition) is 2. The second-order valence-electron chi connectivity index (χ2n) is 5.79. The summed E-state index contributed by atoms with van der Waals surface area (Å²) in [5.74, 6) is -0.243. The highest BCUT2D eigenvalue weighted by atomic mass is 35.5. The van der Waals surface area contributed by atoms with Gasteiger partial charge in [-0.3, -0.25) is 14.9 Å². The molecule has 2 atom stereocenters. The van der Waals surface area contributed by atoms with Crippen LogP contribution in [0.3, 0.4) is 0 Å². The van der Waals surface area contributed by atoms with E-state index in [0.29, 0.717) is 6.54 Å². The number of non-ortho nitro benzene ring substituents is 1. The summed E-state index contributed by atoms with van der Waals surface area (Å²) in [6.45, 7) is 3.50. The number of hydrogen-bond acceptors (Lipinski definition) is 6. The third-order valence-corrected chi connectivity index (χ3v) is 5.03. The van der Waals surface area contributed by atoms with Gasteiger partial charge in [-0.15, -0.1) is 12.4 Å². The van der Waals surface area contributed by atoms with Gasteiger partial charge in [-0.1, -0.05) is 6.92 Å². The number of nitro benzene ring substituents is 1. The fourth-order valence-corrected chi connectivity index (χ4v) is 3.14. The van der Waals surface area contributed by atoms with Gasteiger partial charge in [0.2, 0.25) is 0 Å². The number of carbonyl (C=O) groups is 1. The van der Waals surface area contributed by atoms with Crippen LogP contribution in [-0.2, 0) is 9.84 Å². The lowest BCUT2D eigenvalue weighted by molar-refractivity contribution is -0.385. The quantitative estimate of drug-likeness (QED) is 0.600. The van der Waals surface area contributed by atoms with Gasteiger partial charge >= 0.3 is 0 Å². The van der Waals surface area contributed by atoms with Crippen molar-refractivity contribution in [3.8, 4) is 0 Å². The van der Waals surface area contributed by atoms with Gasteiger partial charge in [-0.05, 0) is 24.9 Å². The predicted octanol–water partition coefficient (Wildman–Crippen LogP) is 1.15. The summed E-state index contributed by atoms with van der Waals surface area (Å²) < 4.78 is 23.3. The fourth-order valence-electron chi connectivity index (χ4n) is 2.47. The van der Waals surface area contributed by atoms with Gasteiger partial charge in [-0.25, -0.2) is 8.42 Å². The van der Waals surface area contributed by atoms with Gasteiger partial charge in [0.25, 0.3) is 11.6 Å². The van der Waals surface area contributed by atoms with Crippen molar-refractivity contribution < 1.29 is 18.1 Å². The molecule has 1 fully saturated rings. The molecular formula is C14H20ClN3O5S. The van der Waals surface area contributed by atoms with Gasteiger partial charge in [0.15, 0.2) is 9.84 Å². The molecular weight excluding hydrogens is 358 g/mol. The van der Waals surface area contributed by atoms with Crippen LogP contribution < -0.4 is 10.6 Å². The number of nitro groups is 1. The van der Waals surface area contributed by atoms with E-state index in [0.717, 1.165) is 31.4 Å². The molecule has 134 valence electrons. The van der Waals surface area contributed by atoms with Crippen molar-refractivity contribution in [2.75, 3.05) is 19.3 Å². The Morgan fingerprint density at radius 1 is 1.38 bits per heavy atom. The molecule has 1 aliphatic heterocycles.